The lowest BCUT2D eigenvalue weighted by molar-refractivity contribution is 0.102. The normalized spacial score (nSPS) is 9.90. The van der Waals surface area contributed by atoms with E-state index in [-0.39, 0.29) is 5.91 Å². The maximum atomic E-state index is 12.3. The van der Waals surface area contributed by atoms with Gasteiger partial charge in [0.15, 0.2) is 0 Å². The molecule has 0 saturated carbocycles. The summed E-state index contributed by atoms with van der Waals surface area (Å²) in [5.74, 6) is -0.232. The average molecular weight is 394 g/mol. The van der Waals surface area contributed by atoms with Crippen molar-refractivity contribution < 1.29 is 4.79 Å². The third-order valence-electron chi connectivity index (χ3n) is 2.78. The standard InChI is InChI=1S/C15H10Br2N2O/c1-9-6-11(16)4-5-13(9)15(20)19-14-7-12(17)3-2-10(14)8-18/h2-7H,1H3,(H,19,20). The van der Waals surface area contributed by atoms with Crippen LogP contribution in [-0.4, -0.2) is 5.91 Å². The van der Waals surface area contributed by atoms with Gasteiger partial charge in [0.1, 0.15) is 6.07 Å². The van der Waals surface area contributed by atoms with Gasteiger partial charge < -0.3 is 5.32 Å². The van der Waals surface area contributed by atoms with Crippen molar-refractivity contribution in [3.8, 4) is 6.07 Å². The number of hydrogen-bond acceptors (Lipinski definition) is 2. The molecule has 100 valence electrons. The van der Waals surface area contributed by atoms with E-state index in [9.17, 15) is 4.79 Å². The van der Waals surface area contributed by atoms with Crippen LogP contribution in [0.5, 0.6) is 0 Å². The van der Waals surface area contributed by atoms with Gasteiger partial charge in [-0.25, -0.2) is 0 Å². The highest BCUT2D eigenvalue weighted by atomic mass is 79.9. The summed E-state index contributed by atoms with van der Waals surface area (Å²) >= 11 is 6.69. The molecule has 0 fully saturated rings. The molecular weight excluding hydrogens is 384 g/mol. The van der Waals surface area contributed by atoms with Crippen molar-refractivity contribution >= 4 is 43.5 Å². The van der Waals surface area contributed by atoms with Crippen molar-refractivity contribution in [2.75, 3.05) is 5.32 Å². The molecular formula is C15H10Br2N2O. The summed E-state index contributed by atoms with van der Waals surface area (Å²) in [5, 5.41) is 11.8. The number of anilines is 1. The second-order valence-corrected chi connectivity index (χ2v) is 6.05. The maximum absolute atomic E-state index is 12.3. The number of rotatable bonds is 2. The largest absolute Gasteiger partial charge is 0.321 e. The number of nitriles is 1. The molecule has 0 bridgehead atoms. The molecule has 2 aromatic carbocycles. The van der Waals surface area contributed by atoms with Crippen molar-refractivity contribution in [1.82, 2.24) is 0 Å². The summed E-state index contributed by atoms with van der Waals surface area (Å²) in [4.78, 5) is 12.3. The van der Waals surface area contributed by atoms with E-state index in [2.05, 4.69) is 43.2 Å². The molecule has 2 rings (SSSR count). The number of benzene rings is 2. The molecule has 5 heteroatoms. The molecule has 0 aliphatic heterocycles. The van der Waals surface area contributed by atoms with Crippen LogP contribution in [-0.2, 0) is 0 Å². The predicted octanol–water partition coefficient (Wildman–Crippen LogP) is 4.64. The van der Waals surface area contributed by atoms with Gasteiger partial charge in [-0.1, -0.05) is 31.9 Å². The van der Waals surface area contributed by atoms with Gasteiger partial charge in [0.05, 0.1) is 11.3 Å². The predicted molar refractivity (Wildman–Crippen MR) is 85.7 cm³/mol. The van der Waals surface area contributed by atoms with E-state index in [1.807, 2.05) is 19.1 Å². The molecule has 0 unspecified atom stereocenters. The molecule has 0 heterocycles. The third-order valence-corrected chi connectivity index (χ3v) is 3.77. The molecule has 1 amide bonds. The molecule has 0 aliphatic rings. The minimum Gasteiger partial charge on any atom is -0.321 e. The molecule has 0 radical (unpaired) electrons. The van der Waals surface area contributed by atoms with E-state index in [1.54, 1.807) is 24.3 Å². The van der Waals surface area contributed by atoms with Crippen LogP contribution in [0.3, 0.4) is 0 Å². The summed E-state index contributed by atoms with van der Waals surface area (Å²) in [6.07, 6.45) is 0. The molecule has 1 N–H and O–H groups in total. The van der Waals surface area contributed by atoms with Crippen LogP contribution in [0.4, 0.5) is 5.69 Å². The van der Waals surface area contributed by atoms with Gasteiger partial charge in [-0.3, -0.25) is 4.79 Å². The topological polar surface area (TPSA) is 52.9 Å². The fourth-order valence-electron chi connectivity index (χ4n) is 1.79. The van der Waals surface area contributed by atoms with Crippen LogP contribution in [0.2, 0.25) is 0 Å². The Balaban J connectivity index is 2.33. The van der Waals surface area contributed by atoms with E-state index in [4.69, 9.17) is 5.26 Å². The van der Waals surface area contributed by atoms with Crippen molar-refractivity contribution in [1.29, 1.82) is 5.26 Å². The van der Waals surface area contributed by atoms with Crippen molar-refractivity contribution in [3.05, 3.63) is 62.0 Å². The Labute approximate surface area is 133 Å². The maximum Gasteiger partial charge on any atom is 0.255 e. The second kappa shape index (κ2) is 6.21. The van der Waals surface area contributed by atoms with E-state index >= 15 is 0 Å². The SMILES string of the molecule is Cc1cc(Br)ccc1C(=O)Nc1cc(Br)ccc1C#N. The highest BCUT2D eigenvalue weighted by Gasteiger charge is 2.12. The highest BCUT2D eigenvalue weighted by Crippen LogP contribution is 2.22. The number of carbonyl (C=O) groups excluding carboxylic acids is 1. The van der Waals surface area contributed by atoms with E-state index in [0.29, 0.717) is 16.8 Å². The van der Waals surface area contributed by atoms with Crippen LogP contribution in [0, 0.1) is 18.3 Å². The number of hydrogen-bond donors (Lipinski definition) is 1. The average Bonchev–Trinajstić information content (AvgIpc) is 2.38. The lowest BCUT2D eigenvalue weighted by Crippen LogP contribution is -2.14. The Morgan fingerprint density at radius 1 is 1.15 bits per heavy atom. The Morgan fingerprint density at radius 2 is 1.80 bits per heavy atom. The molecule has 3 nitrogen and oxygen atoms in total. The Bertz CT molecular complexity index is 720. The van der Waals surface area contributed by atoms with E-state index in [0.717, 1.165) is 14.5 Å². The second-order valence-electron chi connectivity index (χ2n) is 4.22. The van der Waals surface area contributed by atoms with E-state index in [1.165, 1.54) is 0 Å². The molecule has 0 aliphatic carbocycles. The number of carbonyl (C=O) groups is 1. The van der Waals surface area contributed by atoms with Gasteiger partial charge in [0, 0.05) is 14.5 Å². The van der Waals surface area contributed by atoms with Gasteiger partial charge in [-0.15, -0.1) is 0 Å². The molecule has 0 saturated heterocycles. The van der Waals surface area contributed by atoms with Gasteiger partial charge in [0.25, 0.3) is 5.91 Å². The number of halogens is 2. The summed E-state index contributed by atoms with van der Waals surface area (Å²) in [5.41, 5.74) is 2.37. The minimum atomic E-state index is -0.232. The lowest BCUT2D eigenvalue weighted by Gasteiger charge is -2.09. The summed E-state index contributed by atoms with van der Waals surface area (Å²) in [6, 6.07) is 12.6. The van der Waals surface area contributed by atoms with Crippen LogP contribution >= 0.6 is 31.9 Å². The van der Waals surface area contributed by atoms with E-state index < -0.39 is 0 Å². The van der Waals surface area contributed by atoms with Crippen LogP contribution in [0.25, 0.3) is 0 Å². The quantitative estimate of drug-likeness (QED) is 0.807. The smallest absolute Gasteiger partial charge is 0.255 e. The van der Waals surface area contributed by atoms with Crippen LogP contribution in [0.1, 0.15) is 21.5 Å². The number of aryl methyl sites for hydroxylation is 1. The van der Waals surface area contributed by atoms with Crippen LogP contribution < -0.4 is 5.32 Å². The number of nitrogens with one attached hydrogen (secondary N) is 1. The highest BCUT2D eigenvalue weighted by molar-refractivity contribution is 9.10. The Hall–Kier alpha value is -1.64. The molecule has 0 spiro atoms. The molecule has 20 heavy (non-hydrogen) atoms. The van der Waals surface area contributed by atoms with Gasteiger partial charge in [0.2, 0.25) is 0 Å². The fourth-order valence-corrected chi connectivity index (χ4v) is 2.63. The number of amides is 1. The molecule has 0 aromatic heterocycles. The van der Waals surface area contributed by atoms with Crippen molar-refractivity contribution in [2.45, 2.75) is 6.92 Å². The zero-order chi connectivity index (χ0) is 14.7. The monoisotopic (exact) mass is 392 g/mol. The molecule has 0 atom stereocenters. The fraction of sp³-hybridized carbons (Fsp3) is 0.0667. The zero-order valence-corrected chi connectivity index (χ0v) is 13.7. The Morgan fingerprint density at radius 3 is 2.45 bits per heavy atom. The van der Waals surface area contributed by atoms with Gasteiger partial charge >= 0.3 is 0 Å². The first-order chi connectivity index (χ1) is 9.51. The molecule has 2 aromatic rings. The first kappa shape index (κ1) is 14.8. The van der Waals surface area contributed by atoms with Gasteiger partial charge in [-0.05, 0) is 48.9 Å². The third kappa shape index (κ3) is 3.27. The first-order valence-corrected chi connectivity index (χ1v) is 7.37. The number of nitrogens with zero attached hydrogens (tertiary/aromatic N) is 1. The van der Waals surface area contributed by atoms with Crippen molar-refractivity contribution in [2.24, 2.45) is 0 Å². The summed E-state index contributed by atoms with van der Waals surface area (Å²) in [7, 11) is 0. The minimum absolute atomic E-state index is 0.232. The van der Waals surface area contributed by atoms with Crippen LogP contribution in [0.15, 0.2) is 45.3 Å². The first-order valence-electron chi connectivity index (χ1n) is 5.78. The summed E-state index contributed by atoms with van der Waals surface area (Å²) in [6.45, 7) is 1.87. The lowest BCUT2D eigenvalue weighted by atomic mass is 10.1. The van der Waals surface area contributed by atoms with Gasteiger partial charge in [-0.2, -0.15) is 5.26 Å². The Kier molecular flexibility index (Phi) is 4.58. The van der Waals surface area contributed by atoms with Crippen molar-refractivity contribution in [3.63, 3.8) is 0 Å². The summed E-state index contributed by atoms with van der Waals surface area (Å²) < 4.78 is 1.73. The zero-order valence-electron chi connectivity index (χ0n) is 10.6.